The van der Waals surface area contributed by atoms with Gasteiger partial charge in [0.2, 0.25) is 5.91 Å². The van der Waals surface area contributed by atoms with Crippen molar-refractivity contribution in [3.05, 3.63) is 53.6 Å². The third kappa shape index (κ3) is 4.19. The standard InChI is InChI=1S/C20H22N2O4S/c1-14-6-9-17(13-19(14)22-12-4-3-5-20(22)24)21-27(25,26)18-10-7-16(8-11-18)15(2)23/h6-11,13,21H,3-5,12H2,1-2H3. The summed E-state index contributed by atoms with van der Waals surface area (Å²) in [5.74, 6) is -0.0644. The van der Waals surface area contributed by atoms with E-state index < -0.39 is 10.0 Å². The molecule has 0 atom stereocenters. The molecule has 1 fully saturated rings. The second kappa shape index (κ2) is 7.52. The largest absolute Gasteiger partial charge is 0.312 e. The summed E-state index contributed by atoms with van der Waals surface area (Å²) in [5.41, 5.74) is 2.49. The second-order valence-electron chi connectivity index (χ2n) is 6.69. The minimum Gasteiger partial charge on any atom is -0.312 e. The molecule has 1 N–H and O–H groups in total. The first kappa shape index (κ1) is 19.1. The lowest BCUT2D eigenvalue weighted by Gasteiger charge is -2.28. The molecule has 0 bridgehead atoms. The average molecular weight is 386 g/mol. The van der Waals surface area contributed by atoms with Gasteiger partial charge < -0.3 is 4.90 Å². The van der Waals surface area contributed by atoms with E-state index >= 15 is 0 Å². The fourth-order valence-corrected chi connectivity index (χ4v) is 4.16. The fourth-order valence-electron chi connectivity index (χ4n) is 3.11. The smallest absolute Gasteiger partial charge is 0.261 e. The van der Waals surface area contributed by atoms with Crippen LogP contribution in [0.15, 0.2) is 47.4 Å². The lowest BCUT2D eigenvalue weighted by Crippen LogP contribution is -2.35. The monoisotopic (exact) mass is 386 g/mol. The maximum atomic E-state index is 12.6. The number of sulfonamides is 1. The minimum absolute atomic E-state index is 0.0594. The van der Waals surface area contributed by atoms with Crippen LogP contribution < -0.4 is 9.62 Å². The molecule has 1 heterocycles. The van der Waals surface area contributed by atoms with Gasteiger partial charge in [-0.15, -0.1) is 0 Å². The normalized spacial score (nSPS) is 14.9. The number of piperidine rings is 1. The summed E-state index contributed by atoms with van der Waals surface area (Å²) >= 11 is 0. The molecule has 2 aromatic carbocycles. The molecular weight excluding hydrogens is 364 g/mol. The van der Waals surface area contributed by atoms with Crippen LogP contribution in [0, 0.1) is 6.92 Å². The quantitative estimate of drug-likeness (QED) is 0.797. The molecule has 6 nitrogen and oxygen atoms in total. The van der Waals surface area contributed by atoms with Gasteiger partial charge in [0.25, 0.3) is 10.0 Å². The zero-order valence-electron chi connectivity index (χ0n) is 15.4. The summed E-state index contributed by atoms with van der Waals surface area (Å²) in [5, 5.41) is 0. The number of ketones is 1. The van der Waals surface area contributed by atoms with E-state index in [9.17, 15) is 18.0 Å². The highest BCUT2D eigenvalue weighted by Gasteiger charge is 2.22. The summed E-state index contributed by atoms with van der Waals surface area (Å²) < 4.78 is 27.8. The van der Waals surface area contributed by atoms with Crippen LogP contribution in [-0.4, -0.2) is 26.7 Å². The van der Waals surface area contributed by atoms with Gasteiger partial charge in [0.1, 0.15) is 0 Å². The van der Waals surface area contributed by atoms with Crippen molar-refractivity contribution < 1.29 is 18.0 Å². The molecule has 0 saturated carbocycles. The maximum absolute atomic E-state index is 12.6. The number of Topliss-reactive ketones (excluding diaryl/α,β-unsaturated/α-hetero) is 1. The average Bonchev–Trinajstić information content (AvgIpc) is 2.64. The van der Waals surface area contributed by atoms with Gasteiger partial charge in [-0.1, -0.05) is 18.2 Å². The van der Waals surface area contributed by atoms with Crippen molar-refractivity contribution in [1.82, 2.24) is 0 Å². The summed E-state index contributed by atoms with van der Waals surface area (Å²) in [7, 11) is -3.79. The van der Waals surface area contributed by atoms with E-state index in [1.807, 2.05) is 6.92 Å². The van der Waals surface area contributed by atoms with Crippen LogP contribution in [0.5, 0.6) is 0 Å². The summed E-state index contributed by atoms with van der Waals surface area (Å²) in [6.07, 6.45) is 2.33. The van der Waals surface area contributed by atoms with Gasteiger partial charge in [0.15, 0.2) is 5.78 Å². The molecule has 0 radical (unpaired) electrons. The van der Waals surface area contributed by atoms with Crippen LogP contribution in [0.3, 0.4) is 0 Å². The lowest BCUT2D eigenvalue weighted by molar-refractivity contribution is -0.119. The Morgan fingerprint density at radius 1 is 1.07 bits per heavy atom. The molecule has 1 saturated heterocycles. The van der Waals surface area contributed by atoms with Gasteiger partial charge in [0, 0.05) is 24.2 Å². The zero-order chi connectivity index (χ0) is 19.6. The highest BCUT2D eigenvalue weighted by atomic mass is 32.2. The van der Waals surface area contributed by atoms with E-state index in [-0.39, 0.29) is 16.6 Å². The molecule has 0 spiro atoms. The van der Waals surface area contributed by atoms with Crippen LogP contribution in [0.4, 0.5) is 11.4 Å². The maximum Gasteiger partial charge on any atom is 0.261 e. The Hall–Kier alpha value is -2.67. The molecule has 2 aromatic rings. The molecule has 0 aliphatic carbocycles. The van der Waals surface area contributed by atoms with Gasteiger partial charge >= 0.3 is 0 Å². The molecule has 3 rings (SSSR count). The number of nitrogens with one attached hydrogen (secondary N) is 1. The first-order valence-corrected chi connectivity index (χ1v) is 10.3. The number of nitrogens with zero attached hydrogens (tertiary/aromatic N) is 1. The predicted octanol–water partition coefficient (Wildman–Crippen LogP) is 3.52. The first-order chi connectivity index (χ1) is 12.8. The number of carbonyl (C=O) groups is 2. The Morgan fingerprint density at radius 2 is 1.78 bits per heavy atom. The number of benzene rings is 2. The van der Waals surface area contributed by atoms with Crippen molar-refractivity contribution >= 4 is 33.1 Å². The molecule has 7 heteroatoms. The Morgan fingerprint density at radius 3 is 2.41 bits per heavy atom. The van der Waals surface area contributed by atoms with E-state index in [4.69, 9.17) is 0 Å². The molecule has 0 unspecified atom stereocenters. The Balaban J connectivity index is 1.87. The number of aryl methyl sites for hydroxylation is 1. The summed E-state index contributed by atoms with van der Waals surface area (Å²) in [6.45, 7) is 3.97. The van der Waals surface area contributed by atoms with Crippen LogP contribution in [-0.2, 0) is 14.8 Å². The van der Waals surface area contributed by atoms with E-state index in [0.717, 1.165) is 24.1 Å². The van der Waals surface area contributed by atoms with Gasteiger partial charge in [-0.05, 0) is 56.5 Å². The molecule has 142 valence electrons. The van der Waals surface area contributed by atoms with Crippen LogP contribution >= 0.6 is 0 Å². The Bertz CT molecular complexity index is 982. The highest BCUT2D eigenvalue weighted by Crippen LogP contribution is 2.29. The van der Waals surface area contributed by atoms with Crippen LogP contribution in [0.25, 0.3) is 0 Å². The number of amides is 1. The number of anilines is 2. The number of rotatable bonds is 5. The van der Waals surface area contributed by atoms with Crippen molar-refractivity contribution in [2.75, 3.05) is 16.2 Å². The molecule has 1 aliphatic heterocycles. The van der Waals surface area contributed by atoms with Crippen molar-refractivity contribution in [2.24, 2.45) is 0 Å². The second-order valence-corrected chi connectivity index (χ2v) is 8.37. The predicted molar refractivity (Wildman–Crippen MR) is 105 cm³/mol. The molecular formula is C20H22N2O4S. The fraction of sp³-hybridized carbons (Fsp3) is 0.300. The highest BCUT2D eigenvalue weighted by molar-refractivity contribution is 7.92. The van der Waals surface area contributed by atoms with E-state index in [0.29, 0.717) is 24.2 Å². The summed E-state index contributed by atoms with van der Waals surface area (Å²) in [6, 6.07) is 11.0. The molecule has 1 amide bonds. The lowest BCUT2D eigenvalue weighted by atomic mass is 10.1. The van der Waals surface area contributed by atoms with Crippen molar-refractivity contribution in [3.8, 4) is 0 Å². The van der Waals surface area contributed by atoms with Crippen molar-refractivity contribution in [1.29, 1.82) is 0 Å². The van der Waals surface area contributed by atoms with Crippen molar-refractivity contribution in [2.45, 2.75) is 38.0 Å². The van der Waals surface area contributed by atoms with Gasteiger partial charge in [-0.3, -0.25) is 14.3 Å². The number of carbonyl (C=O) groups excluding carboxylic acids is 2. The SMILES string of the molecule is CC(=O)c1ccc(S(=O)(=O)Nc2ccc(C)c(N3CCCCC3=O)c2)cc1. The summed E-state index contributed by atoms with van der Waals surface area (Å²) in [4.78, 5) is 25.4. The first-order valence-electron chi connectivity index (χ1n) is 8.83. The van der Waals surface area contributed by atoms with E-state index in [2.05, 4.69) is 4.72 Å². The van der Waals surface area contributed by atoms with E-state index in [1.165, 1.54) is 31.2 Å². The van der Waals surface area contributed by atoms with Crippen molar-refractivity contribution in [3.63, 3.8) is 0 Å². The molecule has 1 aliphatic rings. The number of hydrogen-bond donors (Lipinski definition) is 1. The topological polar surface area (TPSA) is 83.6 Å². The molecule has 27 heavy (non-hydrogen) atoms. The van der Waals surface area contributed by atoms with Gasteiger partial charge in [-0.2, -0.15) is 0 Å². The van der Waals surface area contributed by atoms with E-state index in [1.54, 1.807) is 23.1 Å². The van der Waals surface area contributed by atoms with Crippen LogP contribution in [0.2, 0.25) is 0 Å². The number of hydrogen-bond acceptors (Lipinski definition) is 4. The van der Waals surface area contributed by atoms with Gasteiger partial charge in [-0.25, -0.2) is 8.42 Å². The van der Waals surface area contributed by atoms with Gasteiger partial charge in [0.05, 0.1) is 10.6 Å². The molecule has 0 aromatic heterocycles. The Labute approximate surface area is 159 Å². The zero-order valence-corrected chi connectivity index (χ0v) is 16.2. The minimum atomic E-state index is -3.79. The third-order valence-electron chi connectivity index (χ3n) is 4.65. The van der Waals surface area contributed by atoms with Crippen LogP contribution in [0.1, 0.15) is 42.1 Å². The Kier molecular flexibility index (Phi) is 5.32. The third-order valence-corrected chi connectivity index (χ3v) is 6.04.